The van der Waals surface area contributed by atoms with Gasteiger partial charge in [-0.3, -0.25) is 9.59 Å². The molecule has 0 aromatic carbocycles. The van der Waals surface area contributed by atoms with E-state index in [0.717, 1.165) is 0 Å². The van der Waals surface area contributed by atoms with Gasteiger partial charge in [0.15, 0.2) is 0 Å². The molecule has 70 valence electrons. The smallest absolute Gasteiger partial charge is 0.312 e. The second-order valence-electron chi connectivity index (χ2n) is 3.27. The lowest BCUT2D eigenvalue weighted by atomic mass is 9.80. The largest absolute Gasteiger partial charge is 0.481 e. The summed E-state index contributed by atoms with van der Waals surface area (Å²) < 4.78 is 4.48. The van der Waals surface area contributed by atoms with Gasteiger partial charge in [0.2, 0.25) is 0 Å². The Kier molecular flexibility index (Phi) is 3.24. The lowest BCUT2D eigenvalue weighted by Gasteiger charge is -2.25. The number of carbonyl (C=O) groups is 2. The quantitative estimate of drug-likeness (QED) is 0.646. The maximum atomic E-state index is 11.1. The van der Waals surface area contributed by atoms with Gasteiger partial charge in [-0.1, -0.05) is 6.92 Å². The molecule has 0 saturated carbocycles. The van der Waals surface area contributed by atoms with Crippen LogP contribution in [0.2, 0.25) is 0 Å². The molecule has 0 aromatic rings. The molecular weight excluding hydrogens is 160 g/mol. The molecule has 12 heavy (non-hydrogen) atoms. The fourth-order valence-electron chi connectivity index (χ4n) is 0.749. The Hall–Kier alpha value is -1.06. The summed E-state index contributed by atoms with van der Waals surface area (Å²) in [7, 11) is 1.25. The highest BCUT2D eigenvalue weighted by Crippen LogP contribution is 2.27. The van der Waals surface area contributed by atoms with E-state index >= 15 is 0 Å². The van der Waals surface area contributed by atoms with E-state index in [0.29, 0.717) is 0 Å². The highest BCUT2D eigenvalue weighted by molar-refractivity contribution is 5.83. The van der Waals surface area contributed by atoms with Gasteiger partial charge in [-0.15, -0.1) is 0 Å². The lowest BCUT2D eigenvalue weighted by molar-refractivity contribution is -0.161. The molecule has 0 fully saturated rings. The van der Waals surface area contributed by atoms with Gasteiger partial charge >= 0.3 is 11.9 Å². The van der Waals surface area contributed by atoms with E-state index in [4.69, 9.17) is 5.11 Å². The number of hydrogen-bond donors (Lipinski definition) is 1. The van der Waals surface area contributed by atoms with Gasteiger partial charge in [0, 0.05) is 0 Å². The van der Waals surface area contributed by atoms with Crippen molar-refractivity contribution in [3.8, 4) is 0 Å². The van der Waals surface area contributed by atoms with Crippen LogP contribution in [0.15, 0.2) is 0 Å². The van der Waals surface area contributed by atoms with E-state index in [1.54, 1.807) is 13.8 Å². The third-order valence-electron chi connectivity index (χ3n) is 2.16. The summed E-state index contributed by atoms with van der Waals surface area (Å²) in [6, 6.07) is 0. The van der Waals surface area contributed by atoms with Crippen LogP contribution in [0.4, 0.5) is 0 Å². The van der Waals surface area contributed by atoms with Crippen LogP contribution in [0.25, 0.3) is 0 Å². The predicted octanol–water partition coefficient (Wildman–Crippen LogP) is 0.906. The molecule has 0 aliphatic carbocycles. The Morgan fingerprint density at radius 2 is 1.83 bits per heavy atom. The highest BCUT2D eigenvalue weighted by Gasteiger charge is 2.39. The van der Waals surface area contributed by atoms with Crippen LogP contribution >= 0.6 is 0 Å². The summed E-state index contributed by atoms with van der Waals surface area (Å²) in [5.41, 5.74) is -0.972. The average molecular weight is 174 g/mol. The third kappa shape index (κ3) is 1.96. The molecule has 0 heterocycles. The summed E-state index contributed by atoms with van der Waals surface area (Å²) >= 11 is 0. The summed E-state index contributed by atoms with van der Waals surface area (Å²) in [5.74, 6) is -2.24. The van der Waals surface area contributed by atoms with Crippen LogP contribution in [-0.4, -0.2) is 24.2 Å². The van der Waals surface area contributed by atoms with Crippen molar-refractivity contribution in [3.63, 3.8) is 0 Å². The predicted molar refractivity (Wildman–Crippen MR) is 42.6 cm³/mol. The number of carboxylic acid groups (broad SMARTS) is 1. The number of hydrogen-bond acceptors (Lipinski definition) is 3. The van der Waals surface area contributed by atoms with Gasteiger partial charge in [0.25, 0.3) is 0 Å². The van der Waals surface area contributed by atoms with Crippen molar-refractivity contribution in [1.82, 2.24) is 0 Å². The number of rotatable bonds is 3. The van der Waals surface area contributed by atoms with Crippen LogP contribution < -0.4 is 0 Å². The van der Waals surface area contributed by atoms with Crippen LogP contribution in [-0.2, 0) is 14.3 Å². The number of esters is 1. The molecular formula is C8H14O4. The first kappa shape index (κ1) is 10.9. The van der Waals surface area contributed by atoms with E-state index in [1.165, 1.54) is 14.0 Å². The minimum Gasteiger partial charge on any atom is -0.481 e. The monoisotopic (exact) mass is 174 g/mol. The molecule has 0 radical (unpaired) electrons. The maximum Gasteiger partial charge on any atom is 0.312 e. The zero-order chi connectivity index (χ0) is 9.94. The first-order chi connectivity index (χ1) is 5.34. The summed E-state index contributed by atoms with van der Waals surface area (Å²) in [4.78, 5) is 21.7. The standard InChI is InChI=1S/C8H14O4/c1-5(6(9)10)8(2,3)7(11)12-4/h5H,1-4H3,(H,9,10)/t5-/m0/s1. The van der Waals surface area contributed by atoms with E-state index in [9.17, 15) is 9.59 Å². The van der Waals surface area contributed by atoms with Crippen LogP contribution in [0.1, 0.15) is 20.8 Å². The third-order valence-corrected chi connectivity index (χ3v) is 2.16. The van der Waals surface area contributed by atoms with Crippen molar-refractivity contribution in [2.45, 2.75) is 20.8 Å². The van der Waals surface area contributed by atoms with E-state index < -0.39 is 23.3 Å². The van der Waals surface area contributed by atoms with Gasteiger partial charge in [-0.05, 0) is 13.8 Å². The molecule has 0 aliphatic rings. The first-order valence-electron chi connectivity index (χ1n) is 3.65. The van der Waals surface area contributed by atoms with Gasteiger partial charge in [0.1, 0.15) is 0 Å². The Labute approximate surface area is 71.5 Å². The number of ether oxygens (including phenoxy) is 1. The molecule has 0 aromatic heterocycles. The molecule has 0 saturated heterocycles. The molecule has 0 bridgehead atoms. The van der Waals surface area contributed by atoms with Crippen molar-refractivity contribution in [3.05, 3.63) is 0 Å². The van der Waals surface area contributed by atoms with Crippen LogP contribution in [0.3, 0.4) is 0 Å². The second-order valence-corrected chi connectivity index (χ2v) is 3.27. The molecule has 0 amide bonds. The molecule has 4 heteroatoms. The molecule has 1 atom stereocenters. The Morgan fingerprint density at radius 3 is 2.08 bits per heavy atom. The molecule has 0 spiro atoms. The molecule has 0 unspecified atom stereocenters. The van der Waals surface area contributed by atoms with Crippen molar-refractivity contribution < 1.29 is 19.4 Å². The summed E-state index contributed by atoms with van der Waals surface area (Å²) in [5, 5.41) is 8.65. The van der Waals surface area contributed by atoms with Crippen LogP contribution in [0.5, 0.6) is 0 Å². The van der Waals surface area contributed by atoms with Gasteiger partial charge in [0.05, 0.1) is 18.4 Å². The van der Waals surface area contributed by atoms with Crippen LogP contribution in [0, 0.1) is 11.3 Å². The van der Waals surface area contributed by atoms with Crippen molar-refractivity contribution >= 4 is 11.9 Å². The number of carbonyl (C=O) groups excluding carboxylic acids is 1. The zero-order valence-electron chi connectivity index (χ0n) is 7.75. The highest BCUT2D eigenvalue weighted by atomic mass is 16.5. The van der Waals surface area contributed by atoms with E-state index in [2.05, 4.69) is 4.74 Å². The average Bonchev–Trinajstić information content (AvgIpc) is 2.01. The van der Waals surface area contributed by atoms with E-state index in [-0.39, 0.29) is 0 Å². The maximum absolute atomic E-state index is 11.1. The Morgan fingerprint density at radius 1 is 1.42 bits per heavy atom. The number of aliphatic carboxylic acids is 1. The Balaban J connectivity index is 4.60. The van der Waals surface area contributed by atoms with Crippen molar-refractivity contribution in [1.29, 1.82) is 0 Å². The number of carboxylic acids is 1. The normalized spacial score (nSPS) is 13.7. The van der Waals surface area contributed by atoms with Crippen molar-refractivity contribution in [2.24, 2.45) is 11.3 Å². The van der Waals surface area contributed by atoms with Crippen molar-refractivity contribution in [2.75, 3.05) is 7.11 Å². The zero-order valence-corrected chi connectivity index (χ0v) is 7.75. The summed E-state index contributed by atoms with van der Waals surface area (Å²) in [6.07, 6.45) is 0. The molecule has 4 nitrogen and oxygen atoms in total. The van der Waals surface area contributed by atoms with Gasteiger partial charge in [-0.2, -0.15) is 0 Å². The molecule has 0 aliphatic heterocycles. The fraction of sp³-hybridized carbons (Fsp3) is 0.750. The molecule has 1 N–H and O–H groups in total. The Bertz CT molecular complexity index is 195. The summed E-state index contributed by atoms with van der Waals surface area (Å²) in [6.45, 7) is 4.59. The molecule has 0 rings (SSSR count). The lowest BCUT2D eigenvalue weighted by Crippen LogP contribution is -2.36. The topological polar surface area (TPSA) is 63.6 Å². The second kappa shape index (κ2) is 3.56. The fourth-order valence-corrected chi connectivity index (χ4v) is 0.749. The first-order valence-corrected chi connectivity index (χ1v) is 3.65. The van der Waals surface area contributed by atoms with Gasteiger partial charge < -0.3 is 9.84 Å². The SMILES string of the molecule is COC(=O)C(C)(C)[C@@H](C)C(=O)O. The minimum absolute atomic E-state index is 0.502. The van der Waals surface area contributed by atoms with Gasteiger partial charge in [-0.25, -0.2) is 0 Å². The van der Waals surface area contributed by atoms with E-state index in [1.807, 2.05) is 0 Å². The number of methoxy groups -OCH3 is 1. The minimum atomic E-state index is -0.995.